The molecule has 1 atom stereocenters. The number of aryl methyl sites for hydroxylation is 1. The maximum Gasteiger partial charge on any atom is 0.303 e. The topological polar surface area (TPSA) is 78.8 Å². The molecule has 0 heterocycles. The van der Waals surface area contributed by atoms with Crippen molar-refractivity contribution in [3.63, 3.8) is 0 Å². The van der Waals surface area contributed by atoms with Crippen molar-refractivity contribution in [3.8, 4) is 5.75 Å². The maximum absolute atomic E-state index is 10.5. The normalized spacial score (nSPS) is 11.8. The molecular formula is C18H20ClNO4. The van der Waals surface area contributed by atoms with Gasteiger partial charge in [-0.3, -0.25) is 4.79 Å². The van der Waals surface area contributed by atoms with Crippen LogP contribution in [0.1, 0.15) is 12.0 Å². The Morgan fingerprint density at radius 3 is 2.42 bits per heavy atom. The number of ether oxygens (including phenoxy) is 1. The van der Waals surface area contributed by atoms with E-state index in [1.807, 2.05) is 24.3 Å². The zero-order valence-electron chi connectivity index (χ0n) is 13.1. The summed E-state index contributed by atoms with van der Waals surface area (Å²) in [6, 6.07) is 14.4. The second kappa shape index (κ2) is 9.15. The summed E-state index contributed by atoms with van der Waals surface area (Å²) in [5.74, 6) is -0.151. The van der Waals surface area contributed by atoms with Crippen molar-refractivity contribution in [2.45, 2.75) is 18.9 Å². The minimum absolute atomic E-state index is 0.119. The van der Waals surface area contributed by atoms with Gasteiger partial charge in [0.05, 0.1) is 0 Å². The van der Waals surface area contributed by atoms with Gasteiger partial charge in [0, 0.05) is 23.7 Å². The van der Waals surface area contributed by atoms with E-state index in [0.29, 0.717) is 23.7 Å². The number of carboxylic acid groups (broad SMARTS) is 1. The van der Waals surface area contributed by atoms with Crippen molar-refractivity contribution >= 4 is 23.3 Å². The Morgan fingerprint density at radius 2 is 1.79 bits per heavy atom. The van der Waals surface area contributed by atoms with Gasteiger partial charge in [0.2, 0.25) is 0 Å². The lowest BCUT2D eigenvalue weighted by molar-refractivity contribution is -0.136. The average Bonchev–Trinajstić information content (AvgIpc) is 2.58. The summed E-state index contributed by atoms with van der Waals surface area (Å²) in [6.45, 7) is 0.521. The molecule has 0 spiro atoms. The summed E-state index contributed by atoms with van der Waals surface area (Å²) >= 11 is 5.79. The number of hydrogen-bond donors (Lipinski definition) is 3. The Balaban J connectivity index is 1.71. The number of carbonyl (C=O) groups is 1. The molecule has 0 aliphatic rings. The molecule has 0 radical (unpaired) electrons. The predicted molar refractivity (Wildman–Crippen MR) is 93.8 cm³/mol. The first kappa shape index (κ1) is 18.1. The van der Waals surface area contributed by atoms with Gasteiger partial charge in [-0.2, -0.15) is 0 Å². The van der Waals surface area contributed by atoms with Crippen molar-refractivity contribution in [2.75, 3.05) is 18.5 Å². The van der Waals surface area contributed by atoms with E-state index < -0.39 is 12.1 Å². The highest BCUT2D eigenvalue weighted by Gasteiger charge is 2.06. The first-order chi connectivity index (χ1) is 11.5. The van der Waals surface area contributed by atoms with Crippen molar-refractivity contribution < 1.29 is 19.7 Å². The fourth-order valence-corrected chi connectivity index (χ4v) is 2.18. The minimum Gasteiger partial charge on any atom is -0.491 e. The Labute approximate surface area is 145 Å². The number of nitrogens with one attached hydrogen (secondary N) is 1. The van der Waals surface area contributed by atoms with Gasteiger partial charge >= 0.3 is 5.97 Å². The van der Waals surface area contributed by atoms with Crippen LogP contribution < -0.4 is 10.1 Å². The largest absolute Gasteiger partial charge is 0.491 e. The smallest absolute Gasteiger partial charge is 0.303 e. The highest BCUT2D eigenvalue weighted by molar-refractivity contribution is 6.30. The summed E-state index contributed by atoms with van der Waals surface area (Å²) in [5.41, 5.74) is 1.83. The number of aliphatic hydroxyl groups excluding tert-OH is 1. The second-order valence-electron chi connectivity index (χ2n) is 5.39. The van der Waals surface area contributed by atoms with Gasteiger partial charge in [-0.15, -0.1) is 0 Å². The van der Waals surface area contributed by atoms with Crippen molar-refractivity contribution in [3.05, 3.63) is 59.1 Å². The van der Waals surface area contributed by atoms with E-state index >= 15 is 0 Å². The highest BCUT2D eigenvalue weighted by Crippen LogP contribution is 2.16. The van der Waals surface area contributed by atoms with E-state index in [-0.39, 0.29) is 13.0 Å². The third-order valence-corrected chi connectivity index (χ3v) is 3.63. The fraction of sp³-hybridized carbons (Fsp3) is 0.278. The third-order valence-electron chi connectivity index (χ3n) is 3.38. The average molecular weight is 350 g/mol. The second-order valence-corrected chi connectivity index (χ2v) is 5.83. The van der Waals surface area contributed by atoms with Crippen LogP contribution in [0.4, 0.5) is 5.69 Å². The molecule has 2 rings (SSSR count). The molecule has 0 saturated heterocycles. The van der Waals surface area contributed by atoms with Gasteiger partial charge in [-0.05, 0) is 48.4 Å². The number of rotatable bonds is 9. The van der Waals surface area contributed by atoms with E-state index in [1.54, 1.807) is 24.3 Å². The predicted octanol–water partition coefficient (Wildman–Crippen LogP) is 3.21. The molecule has 2 aromatic rings. The molecule has 0 aliphatic carbocycles. The highest BCUT2D eigenvalue weighted by atomic mass is 35.5. The van der Waals surface area contributed by atoms with Crippen LogP contribution in [0.3, 0.4) is 0 Å². The van der Waals surface area contributed by atoms with Crippen LogP contribution in [0.25, 0.3) is 0 Å². The molecule has 3 N–H and O–H groups in total. The molecule has 0 saturated carbocycles. The summed E-state index contributed by atoms with van der Waals surface area (Å²) < 4.78 is 5.48. The van der Waals surface area contributed by atoms with E-state index in [1.165, 1.54) is 0 Å². The van der Waals surface area contributed by atoms with Crippen molar-refractivity contribution in [1.82, 2.24) is 0 Å². The Kier molecular flexibility index (Phi) is 6.90. The Hall–Kier alpha value is -2.24. The van der Waals surface area contributed by atoms with E-state index in [2.05, 4.69) is 5.32 Å². The Bertz CT molecular complexity index is 643. The Morgan fingerprint density at radius 1 is 1.12 bits per heavy atom. The van der Waals surface area contributed by atoms with Crippen molar-refractivity contribution in [2.24, 2.45) is 0 Å². The summed E-state index contributed by atoms with van der Waals surface area (Å²) in [6.07, 6.45) is -0.0342. The van der Waals surface area contributed by atoms with Crippen LogP contribution >= 0.6 is 11.6 Å². The van der Waals surface area contributed by atoms with E-state index in [0.717, 1.165) is 11.3 Å². The van der Waals surface area contributed by atoms with Crippen LogP contribution in [0.15, 0.2) is 48.5 Å². The molecule has 0 aromatic heterocycles. The summed E-state index contributed by atoms with van der Waals surface area (Å²) in [5, 5.41) is 22.4. The quantitative estimate of drug-likeness (QED) is 0.648. The summed E-state index contributed by atoms with van der Waals surface area (Å²) in [7, 11) is 0. The van der Waals surface area contributed by atoms with Gasteiger partial charge < -0.3 is 20.3 Å². The van der Waals surface area contributed by atoms with E-state index in [9.17, 15) is 9.90 Å². The van der Waals surface area contributed by atoms with Crippen LogP contribution in [0.5, 0.6) is 5.75 Å². The van der Waals surface area contributed by atoms with Gasteiger partial charge in [0.15, 0.2) is 0 Å². The molecule has 5 nitrogen and oxygen atoms in total. The molecular weight excluding hydrogens is 330 g/mol. The monoisotopic (exact) mass is 349 g/mol. The van der Waals surface area contributed by atoms with Gasteiger partial charge in [-0.25, -0.2) is 0 Å². The number of hydrogen-bond acceptors (Lipinski definition) is 4. The molecule has 6 heteroatoms. The standard InChI is InChI=1S/C18H20ClNO4/c19-14-4-8-17(9-5-14)24-12-16(21)11-20-15-6-1-13(2-7-15)3-10-18(22)23/h1-2,4-9,16,20-21H,3,10-12H2,(H,22,23). The van der Waals surface area contributed by atoms with Gasteiger partial charge in [0.25, 0.3) is 0 Å². The molecule has 0 bridgehead atoms. The SMILES string of the molecule is O=C(O)CCc1ccc(NCC(O)COc2ccc(Cl)cc2)cc1. The first-order valence-corrected chi connectivity index (χ1v) is 8.02. The lowest BCUT2D eigenvalue weighted by atomic mass is 10.1. The maximum atomic E-state index is 10.5. The van der Waals surface area contributed by atoms with Crippen LogP contribution in [0, 0.1) is 0 Å². The number of benzene rings is 2. The van der Waals surface area contributed by atoms with Gasteiger partial charge in [-0.1, -0.05) is 23.7 Å². The number of aliphatic carboxylic acids is 1. The number of aliphatic hydroxyl groups is 1. The lowest BCUT2D eigenvalue weighted by Crippen LogP contribution is -2.26. The minimum atomic E-state index is -0.805. The molecule has 128 valence electrons. The number of halogens is 1. The van der Waals surface area contributed by atoms with Gasteiger partial charge in [0.1, 0.15) is 18.5 Å². The number of anilines is 1. The van der Waals surface area contributed by atoms with Crippen LogP contribution in [-0.4, -0.2) is 35.4 Å². The zero-order valence-corrected chi connectivity index (χ0v) is 13.9. The molecule has 0 aliphatic heterocycles. The van der Waals surface area contributed by atoms with Crippen molar-refractivity contribution in [1.29, 1.82) is 0 Å². The summed E-state index contributed by atoms with van der Waals surface area (Å²) in [4.78, 5) is 10.5. The molecule has 2 aromatic carbocycles. The molecule has 1 unspecified atom stereocenters. The fourth-order valence-electron chi connectivity index (χ4n) is 2.06. The van der Waals surface area contributed by atoms with Crippen LogP contribution in [0.2, 0.25) is 5.02 Å². The molecule has 0 fully saturated rings. The van der Waals surface area contributed by atoms with Crippen LogP contribution in [-0.2, 0) is 11.2 Å². The number of carboxylic acids is 1. The lowest BCUT2D eigenvalue weighted by Gasteiger charge is -2.14. The first-order valence-electron chi connectivity index (χ1n) is 7.64. The van der Waals surface area contributed by atoms with E-state index in [4.69, 9.17) is 21.4 Å². The molecule has 24 heavy (non-hydrogen) atoms. The molecule has 0 amide bonds. The third kappa shape index (κ3) is 6.48. The zero-order chi connectivity index (χ0) is 17.4.